The molecule has 0 atom stereocenters. The van der Waals surface area contributed by atoms with Crippen LogP contribution in [0.2, 0.25) is 0 Å². The van der Waals surface area contributed by atoms with Gasteiger partial charge < -0.3 is 0 Å². The maximum atomic E-state index is 13.8. The second-order valence-corrected chi connectivity index (χ2v) is 9.49. The fraction of sp³-hybridized carbons (Fsp3) is 0. The molecule has 0 amide bonds. The van der Waals surface area contributed by atoms with Gasteiger partial charge in [0.1, 0.15) is 5.65 Å². The van der Waals surface area contributed by atoms with Gasteiger partial charge in [0, 0.05) is 21.5 Å². The Morgan fingerprint density at radius 1 is 0.514 bits per heavy atom. The van der Waals surface area contributed by atoms with Crippen molar-refractivity contribution in [2.75, 3.05) is 0 Å². The van der Waals surface area contributed by atoms with E-state index in [0.29, 0.717) is 11.0 Å². The quantitative estimate of drug-likeness (QED) is 0.279. The minimum absolute atomic E-state index is 0.0481. The van der Waals surface area contributed by atoms with Crippen molar-refractivity contribution < 1.29 is 0 Å². The Kier molecular flexibility index (Phi) is 3.34. The molecule has 37 heavy (non-hydrogen) atoms. The predicted octanol–water partition coefficient (Wildman–Crippen LogP) is 6.34. The molecule has 0 bridgehead atoms. The molecule has 0 unspecified atom stereocenters. The zero-order valence-corrected chi connectivity index (χ0v) is 19.5. The van der Waals surface area contributed by atoms with Gasteiger partial charge in [0.2, 0.25) is 5.78 Å². The zero-order chi connectivity index (χ0) is 24.2. The van der Waals surface area contributed by atoms with Crippen LogP contribution in [0.1, 0.15) is 0 Å². The molecule has 0 aliphatic heterocycles. The maximum absolute atomic E-state index is 13.8. The van der Waals surface area contributed by atoms with Crippen LogP contribution in [0.15, 0.2) is 108 Å². The second-order valence-electron chi connectivity index (χ2n) is 9.49. The van der Waals surface area contributed by atoms with Crippen molar-refractivity contribution in [3.8, 4) is 5.69 Å². The Bertz CT molecular complexity index is 2440. The summed E-state index contributed by atoms with van der Waals surface area (Å²) in [5.74, 6) is 0.845. The smallest absolute Gasteiger partial charge is 0.264 e. The highest BCUT2D eigenvalue weighted by molar-refractivity contribution is 6.18. The number of rotatable bonds is 1. The molecule has 0 saturated heterocycles. The molecule has 6 nitrogen and oxygen atoms in total. The summed E-state index contributed by atoms with van der Waals surface area (Å²) in [4.78, 5) is 23.7. The van der Waals surface area contributed by atoms with Crippen LogP contribution in [-0.2, 0) is 0 Å². The molecule has 0 fully saturated rings. The molecule has 9 aromatic rings. The van der Waals surface area contributed by atoms with Gasteiger partial charge in [-0.2, -0.15) is 0 Å². The third-order valence-corrected chi connectivity index (χ3v) is 7.60. The number of nitrogens with zero attached hydrogens (tertiary/aromatic N) is 5. The number of benzene rings is 5. The molecule has 0 saturated carbocycles. The summed E-state index contributed by atoms with van der Waals surface area (Å²) in [6.45, 7) is 0. The van der Waals surface area contributed by atoms with Crippen molar-refractivity contribution in [2.45, 2.75) is 0 Å². The number of aromatic nitrogens is 5. The Morgan fingerprint density at radius 2 is 1.16 bits per heavy atom. The monoisotopic (exact) mass is 475 g/mol. The molecule has 0 N–H and O–H groups in total. The fourth-order valence-electron chi connectivity index (χ4n) is 6.07. The molecular formula is C31H17N5O. The number of fused-ring (bicyclic) bond motifs is 9. The van der Waals surface area contributed by atoms with Gasteiger partial charge in [-0.1, -0.05) is 54.6 Å². The van der Waals surface area contributed by atoms with Crippen LogP contribution in [0.4, 0.5) is 0 Å². The molecular weight excluding hydrogens is 458 g/mol. The normalized spacial score (nSPS) is 12.4. The van der Waals surface area contributed by atoms with E-state index in [0.717, 1.165) is 60.7 Å². The van der Waals surface area contributed by atoms with E-state index in [1.807, 2.05) is 48.5 Å². The van der Waals surface area contributed by atoms with E-state index >= 15 is 0 Å². The minimum atomic E-state index is -0.0481. The summed E-state index contributed by atoms with van der Waals surface area (Å²) < 4.78 is 6.17. The molecule has 0 spiro atoms. The number of imidazole rings is 3. The molecule has 4 heterocycles. The highest BCUT2D eigenvalue weighted by Crippen LogP contribution is 2.36. The van der Waals surface area contributed by atoms with E-state index in [4.69, 9.17) is 9.97 Å². The van der Waals surface area contributed by atoms with E-state index in [9.17, 15) is 4.79 Å². The summed E-state index contributed by atoms with van der Waals surface area (Å²) >= 11 is 0. The number of para-hydroxylation sites is 6. The first-order valence-electron chi connectivity index (χ1n) is 12.2. The Balaban J connectivity index is 1.50. The highest BCUT2D eigenvalue weighted by atomic mass is 16.1. The summed E-state index contributed by atoms with van der Waals surface area (Å²) in [6.07, 6.45) is 0. The largest absolute Gasteiger partial charge is 0.278 e. The van der Waals surface area contributed by atoms with Crippen molar-refractivity contribution in [3.05, 3.63) is 113 Å². The van der Waals surface area contributed by atoms with E-state index < -0.39 is 0 Å². The second kappa shape index (κ2) is 6.50. The first kappa shape index (κ1) is 19.0. The van der Waals surface area contributed by atoms with E-state index in [1.165, 1.54) is 0 Å². The third-order valence-electron chi connectivity index (χ3n) is 7.60. The van der Waals surface area contributed by atoms with Crippen molar-refractivity contribution in [3.63, 3.8) is 0 Å². The van der Waals surface area contributed by atoms with Gasteiger partial charge in [-0.05, 0) is 48.5 Å². The lowest BCUT2D eigenvalue weighted by molar-refractivity contribution is 1.12. The molecule has 9 rings (SSSR count). The molecule has 4 aromatic heterocycles. The molecule has 6 heteroatoms. The van der Waals surface area contributed by atoms with Crippen molar-refractivity contribution in [2.24, 2.45) is 0 Å². The number of hydrogen-bond acceptors (Lipinski definition) is 3. The Labute approximate surface area is 208 Å². The topological polar surface area (TPSA) is 56.6 Å². The average Bonchev–Trinajstić information content (AvgIpc) is 3.60. The van der Waals surface area contributed by atoms with Gasteiger partial charge in [0.15, 0.2) is 0 Å². The van der Waals surface area contributed by atoms with Crippen LogP contribution in [-0.4, -0.2) is 23.3 Å². The number of hydrogen-bond donors (Lipinski definition) is 0. The molecule has 0 radical (unpaired) electrons. The fourth-order valence-corrected chi connectivity index (χ4v) is 6.07. The summed E-state index contributed by atoms with van der Waals surface area (Å²) in [6, 6.07) is 34.6. The van der Waals surface area contributed by atoms with Crippen molar-refractivity contribution >= 4 is 66.1 Å². The lowest BCUT2D eigenvalue weighted by Crippen LogP contribution is -2.13. The van der Waals surface area contributed by atoms with Crippen LogP contribution >= 0.6 is 0 Å². The molecule has 5 aromatic carbocycles. The van der Waals surface area contributed by atoms with Crippen molar-refractivity contribution in [1.82, 2.24) is 23.3 Å². The van der Waals surface area contributed by atoms with E-state index in [-0.39, 0.29) is 5.56 Å². The minimum Gasteiger partial charge on any atom is -0.278 e. The van der Waals surface area contributed by atoms with Crippen LogP contribution in [0, 0.1) is 0 Å². The van der Waals surface area contributed by atoms with E-state index in [2.05, 4.69) is 63.6 Å². The SMILES string of the molecule is O=c1c2ccc(-n3c4ccccc4n4c5ccccc5nc34)c3cccc(c32)c2nc3ccccc3n12. The first-order chi connectivity index (χ1) is 18.3. The van der Waals surface area contributed by atoms with Crippen LogP contribution < -0.4 is 5.56 Å². The van der Waals surface area contributed by atoms with Crippen molar-refractivity contribution in [1.29, 1.82) is 0 Å². The number of pyridine rings is 1. The van der Waals surface area contributed by atoms with Gasteiger partial charge in [-0.15, -0.1) is 0 Å². The zero-order valence-electron chi connectivity index (χ0n) is 19.5. The standard InChI is InChI=1S/C31H17N5O/c37-30-20-16-17-23(18-8-7-9-19(28(18)20)29-32-21-10-1-4-13-25(21)36(29)30)34-26-14-5-6-15-27(26)35-24-12-3-2-11-22(24)33-31(34)35/h1-17H. The van der Waals surface area contributed by atoms with Gasteiger partial charge in [0.05, 0.1) is 38.8 Å². The van der Waals surface area contributed by atoms with E-state index in [1.54, 1.807) is 4.40 Å². The molecule has 0 aliphatic carbocycles. The lowest BCUT2D eigenvalue weighted by Gasteiger charge is -2.13. The first-order valence-corrected chi connectivity index (χ1v) is 12.2. The van der Waals surface area contributed by atoms with Gasteiger partial charge in [0.25, 0.3) is 5.56 Å². The highest BCUT2D eigenvalue weighted by Gasteiger charge is 2.21. The van der Waals surface area contributed by atoms with Crippen LogP contribution in [0.5, 0.6) is 0 Å². The molecule has 172 valence electrons. The van der Waals surface area contributed by atoms with Gasteiger partial charge in [-0.3, -0.25) is 18.2 Å². The average molecular weight is 476 g/mol. The lowest BCUT2D eigenvalue weighted by atomic mass is 10.0. The van der Waals surface area contributed by atoms with Gasteiger partial charge in [-0.25, -0.2) is 9.97 Å². The van der Waals surface area contributed by atoms with Crippen LogP contribution in [0.25, 0.3) is 71.8 Å². The molecule has 0 aliphatic rings. The van der Waals surface area contributed by atoms with Gasteiger partial charge >= 0.3 is 0 Å². The Hall–Kier alpha value is -5.23. The summed E-state index contributed by atoms with van der Waals surface area (Å²) in [5, 5.41) is 3.58. The van der Waals surface area contributed by atoms with Crippen LogP contribution in [0.3, 0.4) is 0 Å². The predicted molar refractivity (Wildman–Crippen MR) is 148 cm³/mol. The summed E-state index contributed by atoms with van der Waals surface area (Å²) in [5.41, 5.74) is 7.44. The third kappa shape index (κ3) is 2.23. The maximum Gasteiger partial charge on any atom is 0.264 e. The summed E-state index contributed by atoms with van der Waals surface area (Å²) in [7, 11) is 0. The Morgan fingerprint density at radius 3 is 1.97 bits per heavy atom.